The number of morpholine rings is 1. The maximum atomic E-state index is 13.3. The van der Waals surface area contributed by atoms with E-state index in [1.807, 2.05) is 6.07 Å². The maximum Gasteiger partial charge on any atom is 0.305 e. The van der Waals surface area contributed by atoms with Crippen molar-refractivity contribution < 1.29 is 19.0 Å². The van der Waals surface area contributed by atoms with Crippen LogP contribution in [-0.4, -0.2) is 41.8 Å². The smallest absolute Gasteiger partial charge is 0.305 e. The Hall–Kier alpha value is -1.46. The van der Waals surface area contributed by atoms with Gasteiger partial charge in [-0.2, -0.15) is 0 Å². The first kappa shape index (κ1) is 13.5. The van der Waals surface area contributed by atoms with Gasteiger partial charge in [-0.15, -0.1) is 0 Å². The number of carbonyl (C=O) groups is 1. The van der Waals surface area contributed by atoms with Crippen molar-refractivity contribution >= 4 is 5.97 Å². The Balaban J connectivity index is 1.83. The van der Waals surface area contributed by atoms with Crippen molar-refractivity contribution in [3.8, 4) is 0 Å². The molecule has 1 aliphatic carbocycles. The average Bonchev–Trinajstić information content (AvgIpc) is 2.81. The summed E-state index contributed by atoms with van der Waals surface area (Å²) in [6.07, 6.45) is 1.87. The molecular weight excluding hydrogens is 261 g/mol. The fraction of sp³-hybridized carbons (Fsp3) is 0.533. The molecule has 0 spiro atoms. The lowest BCUT2D eigenvalue weighted by Gasteiger charge is -2.39. The monoisotopic (exact) mass is 279 g/mol. The van der Waals surface area contributed by atoms with Crippen LogP contribution in [0.15, 0.2) is 18.2 Å². The lowest BCUT2D eigenvalue weighted by atomic mass is 10.0. The first-order valence-electron chi connectivity index (χ1n) is 6.99. The van der Waals surface area contributed by atoms with E-state index in [9.17, 15) is 9.18 Å². The zero-order chi connectivity index (χ0) is 14.1. The topological polar surface area (TPSA) is 49.8 Å². The van der Waals surface area contributed by atoms with Crippen LogP contribution in [0.2, 0.25) is 0 Å². The summed E-state index contributed by atoms with van der Waals surface area (Å²) in [6.45, 7) is 1.82. The van der Waals surface area contributed by atoms with Crippen molar-refractivity contribution in [2.75, 3.05) is 19.8 Å². The number of carboxylic acids is 1. The molecule has 0 aromatic heterocycles. The molecule has 2 unspecified atom stereocenters. The number of fused-ring (bicyclic) bond motifs is 1. The van der Waals surface area contributed by atoms with E-state index in [1.54, 1.807) is 6.07 Å². The minimum atomic E-state index is -0.803. The third-order valence-corrected chi connectivity index (χ3v) is 4.23. The molecule has 1 N–H and O–H groups in total. The van der Waals surface area contributed by atoms with Gasteiger partial charge in [-0.05, 0) is 36.1 Å². The largest absolute Gasteiger partial charge is 0.481 e. The van der Waals surface area contributed by atoms with Crippen molar-refractivity contribution in [2.45, 2.75) is 31.3 Å². The molecule has 1 aromatic carbocycles. The normalized spacial score (nSPS) is 26.4. The van der Waals surface area contributed by atoms with Gasteiger partial charge in [0.15, 0.2) is 0 Å². The molecule has 0 bridgehead atoms. The number of aliphatic carboxylic acids is 1. The summed E-state index contributed by atoms with van der Waals surface area (Å²) in [4.78, 5) is 13.2. The van der Waals surface area contributed by atoms with Crippen molar-refractivity contribution in [1.29, 1.82) is 0 Å². The van der Waals surface area contributed by atoms with Crippen LogP contribution in [0.1, 0.15) is 30.0 Å². The van der Waals surface area contributed by atoms with Crippen LogP contribution in [0, 0.1) is 5.82 Å². The molecule has 3 rings (SSSR count). The van der Waals surface area contributed by atoms with Gasteiger partial charge in [0.1, 0.15) is 5.82 Å². The first-order valence-corrected chi connectivity index (χ1v) is 6.99. The zero-order valence-corrected chi connectivity index (χ0v) is 11.2. The fourth-order valence-electron chi connectivity index (χ4n) is 3.36. The van der Waals surface area contributed by atoms with Crippen LogP contribution in [0.25, 0.3) is 0 Å². The molecule has 0 saturated carbocycles. The third kappa shape index (κ3) is 2.55. The molecule has 4 nitrogen and oxygen atoms in total. The lowest BCUT2D eigenvalue weighted by molar-refractivity contribution is -0.141. The van der Waals surface area contributed by atoms with E-state index in [0.29, 0.717) is 13.2 Å². The summed E-state index contributed by atoms with van der Waals surface area (Å²) >= 11 is 0. The number of halogens is 1. The molecular formula is C15H18FNO3. The molecule has 1 aromatic rings. The van der Waals surface area contributed by atoms with E-state index >= 15 is 0 Å². The molecule has 1 aliphatic heterocycles. The molecule has 1 saturated heterocycles. The SMILES string of the molecule is O=C(O)CC1COCCN1C1CCc2cc(F)ccc21. The summed E-state index contributed by atoms with van der Waals surface area (Å²) < 4.78 is 18.7. The second-order valence-corrected chi connectivity index (χ2v) is 5.46. The Labute approximate surface area is 117 Å². The van der Waals surface area contributed by atoms with Gasteiger partial charge in [0, 0.05) is 18.6 Å². The second kappa shape index (κ2) is 5.50. The number of hydrogen-bond donors (Lipinski definition) is 1. The average molecular weight is 279 g/mol. The van der Waals surface area contributed by atoms with Crippen molar-refractivity contribution in [2.24, 2.45) is 0 Å². The van der Waals surface area contributed by atoms with Crippen molar-refractivity contribution in [3.63, 3.8) is 0 Å². The number of ether oxygens (including phenoxy) is 1. The van der Waals surface area contributed by atoms with Gasteiger partial charge in [0.25, 0.3) is 0 Å². The van der Waals surface area contributed by atoms with Gasteiger partial charge in [-0.1, -0.05) is 6.07 Å². The van der Waals surface area contributed by atoms with E-state index in [1.165, 1.54) is 6.07 Å². The van der Waals surface area contributed by atoms with E-state index in [4.69, 9.17) is 9.84 Å². The fourth-order valence-corrected chi connectivity index (χ4v) is 3.36. The maximum absolute atomic E-state index is 13.3. The van der Waals surface area contributed by atoms with Crippen molar-refractivity contribution in [1.82, 2.24) is 4.90 Å². The number of aryl methyl sites for hydroxylation is 1. The van der Waals surface area contributed by atoms with Crippen LogP contribution in [0.3, 0.4) is 0 Å². The van der Waals surface area contributed by atoms with Crippen LogP contribution in [0.5, 0.6) is 0 Å². The van der Waals surface area contributed by atoms with Crippen molar-refractivity contribution in [3.05, 3.63) is 35.1 Å². The molecule has 108 valence electrons. The summed E-state index contributed by atoms with van der Waals surface area (Å²) in [6, 6.07) is 5.03. The minimum Gasteiger partial charge on any atom is -0.481 e. The Morgan fingerprint density at radius 2 is 2.35 bits per heavy atom. The Kier molecular flexibility index (Phi) is 3.72. The predicted octanol–water partition coefficient (Wildman–Crippen LogP) is 1.99. The molecule has 1 heterocycles. The predicted molar refractivity (Wildman–Crippen MR) is 71.0 cm³/mol. The van der Waals surface area contributed by atoms with E-state index in [2.05, 4.69) is 4.90 Å². The molecule has 1 fully saturated rings. The van der Waals surface area contributed by atoms with Crippen LogP contribution < -0.4 is 0 Å². The molecule has 0 radical (unpaired) electrons. The number of benzene rings is 1. The molecule has 2 aliphatic rings. The second-order valence-electron chi connectivity index (χ2n) is 5.46. The van der Waals surface area contributed by atoms with E-state index in [0.717, 1.165) is 30.5 Å². The highest BCUT2D eigenvalue weighted by Crippen LogP contribution is 2.38. The zero-order valence-electron chi connectivity index (χ0n) is 11.2. The third-order valence-electron chi connectivity index (χ3n) is 4.23. The standard InChI is InChI=1S/C15H18FNO3/c16-11-2-3-13-10(7-11)1-4-14(13)17-5-6-20-9-12(17)8-15(18)19/h2-3,7,12,14H,1,4-6,8-9H2,(H,18,19). The summed E-state index contributed by atoms with van der Waals surface area (Å²) in [7, 11) is 0. The highest BCUT2D eigenvalue weighted by molar-refractivity contribution is 5.67. The number of hydrogen-bond acceptors (Lipinski definition) is 3. The summed E-state index contributed by atoms with van der Waals surface area (Å²) in [5, 5.41) is 9.03. The van der Waals surface area contributed by atoms with Crippen LogP contribution >= 0.6 is 0 Å². The number of nitrogens with zero attached hydrogens (tertiary/aromatic N) is 1. The van der Waals surface area contributed by atoms with Gasteiger partial charge < -0.3 is 9.84 Å². The van der Waals surface area contributed by atoms with Gasteiger partial charge in [0.2, 0.25) is 0 Å². The van der Waals surface area contributed by atoms with Crippen LogP contribution in [0.4, 0.5) is 4.39 Å². The highest BCUT2D eigenvalue weighted by Gasteiger charge is 2.35. The van der Waals surface area contributed by atoms with Gasteiger partial charge in [-0.25, -0.2) is 4.39 Å². The Morgan fingerprint density at radius 1 is 1.50 bits per heavy atom. The summed E-state index contributed by atoms with van der Waals surface area (Å²) in [5.74, 6) is -1.00. The molecule has 5 heteroatoms. The number of rotatable bonds is 3. The van der Waals surface area contributed by atoms with Crippen LogP contribution in [-0.2, 0) is 16.0 Å². The van der Waals surface area contributed by atoms with Gasteiger partial charge in [0.05, 0.1) is 19.6 Å². The first-order chi connectivity index (χ1) is 9.65. The molecule has 2 atom stereocenters. The molecule has 20 heavy (non-hydrogen) atoms. The minimum absolute atomic E-state index is 0.0903. The summed E-state index contributed by atoms with van der Waals surface area (Å²) in [5.41, 5.74) is 2.19. The highest BCUT2D eigenvalue weighted by atomic mass is 19.1. The Morgan fingerprint density at radius 3 is 3.15 bits per heavy atom. The van der Waals surface area contributed by atoms with E-state index < -0.39 is 5.97 Å². The lowest BCUT2D eigenvalue weighted by Crippen LogP contribution is -2.47. The quantitative estimate of drug-likeness (QED) is 0.919. The number of carboxylic acid groups (broad SMARTS) is 1. The Bertz CT molecular complexity index is 520. The van der Waals surface area contributed by atoms with E-state index in [-0.39, 0.29) is 24.3 Å². The van der Waals surface area contributed by atoms with Gasteiger partial charge in [-0.3, -0.25) is 9.69 Å². The van der Waals surface area contributed by atoms with Gasteiger partial charge >= 0.3 is 5.97 Å². The molecule has 0 amide bonds.